The fourth-order valence-electron chi connectivity index (χ4n) is 2.20. The molecule has 0 amide bonds. The smallest absolute Gasteiger partial charge is 0.246 e. The van der Waals surface area contributed by atoms with Gasteiger partial charge in [-0.05, 0) is 12.3 Å². The van der Waals surface area contributed by atoms with Crippen molar-refractivity contribution in [2.75, 3.05) is 13.1 Å². The van der Waals surface area contributed by atoms with Crippen molar-refractivity contribution in [2.24, 2.45) is 11.7 Å². The second-order valence-electron chi connectivity index (χ2n) is 4.42. The normalized spacial score (nSPS) is 27.2. The summed E-state index contributed by atoms with van der Waals surface area (Å²) in [5.41, 5.74) is 5.97. The summed E-state index contributed by atoms with van der Waals surface area (Å²) >= 11 is 0. The highest BCUT2D eigenvalue weighted by Gasteiger charge is 2.33. The zero-order valence-corrected chi connectivity index (χ0v) is 10.7. The lowest BCUT2D eigenvalue weighted by Gasteiger charge is -2.35. The molecular weight excluding hydrogens is 240 g/mol. The van der Waals surface area contributed by atoms with E-state index in [1.165, 1.54) is 16.7 Å². The molecule has 0 bridgehead atoms. The van der Waals surface area contributed by atoms with Gasteiger partial charge in [0.15, 0.2) is 0 Å². The first-order valence-electron chi connectivity index (χ1n) is 5.80. The van der Waals surface area contributed by atoms with Crippen molar-refractivity contribution in [3.05, 3.63) is 12.4 Å². The third-order valence-corrected chi connectivity index (χ3v) is 5.22. The van der Waals surface area contributed by atoms with Gasteiger partial charge < -0.3 is 5.73 Å². The molecule has 0 aromatic carbocycles. The van der Waals surface area contributed by atoms with Gasteiger partial charge in [-0.2, -0.15) is 9.40 Å². The Balaban J connectivity index is 2.19. The minimum Gasteiger partial charge on any atom is -0.327 e. The molecule has 2 rings (SSSR count). The average molecular weight is 258 g/mol. The molecular formula is C10H18N4O2S. The van der Waals surface area contributed by atoms with Crippen molar-refractivity contribution in [2.45, 2.75) is 30.7 Å². The Bertz CT molecular complexity index is 457. The highest BCUT2D eigenvalue weighted by molar-refractivity contribution is 7.89. The predicted molar refractivity (Wildman–Crippen MR) is 63.7 cm³/mol. The number of nitrogens with zero attached hydrogens (tertiary/aromatic N) is 2. The maximum Gasteiger partial charge on any atom is 0.246 e. The molecule has 0 aliphatic carbocycles. The number of aromatic amines is 1. The van der Waals surface area contributed by atoms with Crippen molar-refractivity contribution >= 4 is 10.0 Å². The Morgan fingerprint density at radius 3 is 3.00 bits per heavy atom. The van der Waals surface area contributed by atoms with Gasteiger partial charge in [-0.15, -0.1) is 0 Å². The van der Waals surface area contributed by atoms with E-state index in [0.29, 0.717) is 13.1 Å². The van der Waals surface area contributed by atoms with Gasteiger partial charge in [0.2, 0.25) is 10.0 Å². The lowest BCUT2D eigenvalue weighted by Crippen LogP contribution is -2.48. The van der Waals surface area contributed by atoms with E-state index in [-0.39, 0.29) is 16.9 Å². The summed E-state index contributed by atoms with van der Waals surface area (Å²) in [6.07, 6.45) is 4.36. The van der Waals surface area contributed by atoms with Crippen molar-refractivity contribution in [1.29, 1.82) is 0 Å². The molecule has 7 heteroatoms. The fraction of sp³-hybridized carbons (Fsp3) is 0.700. The Morgan fingerprint density at radius 1 is 1.65 bits per heavy atom. The van der Waals surface area contributed by atoms with Crippen LogP contribution in [0.5, 0.6) is 0 Å². The summed E-state index contributed by atoms with van der Waals surface area (Å²) in [5.74, 6) is 0.241. The van der Waals surface area contributed by atoms with Gasteiger partial charge in [-0.3, -0.25) is 5.10 Å². The van der Waals surface area contributed by atoms with Gasteiger partial charge in [-0.25, -0.2) is 8.42 Å². The highest BCUT2D eigenvalue weighted by atomic mass is 32.2. The van der Waals surface area contributed by atoms with Crippen molar-refractivity contribution in [1.82, 2.24) is 14.5 Å². The summed E-state index contributed by atoms with van der Waals surface area (Å²) in [6, 6.07) is 0.107. The Labute approximate surface area is 101 Å². The van der Waals surface area contributed by atoms with E-state index >= 15 is 0 Å². The molecule has 0 saturated carbocycles. The first-order chi connectivity index (χ1) is 8.05. The summed E-state index contributed by atoms with van der Waals surface area (Å²) in [5, 5.41) is 6.21. The number of hydrogen-bond acceptors (Lipinski definition) is 4. The number of H-pyrrole nitrogens is 1. The van der Waals surface area contributed by atoms with Crippen molar-refractivity contribution in [3.63, 3.8) is 0 Å². The fourth-order valence-corrected chi connectivity index (χ4v) is 3.62. The molecule has 2 atom stereocenters. The summed E-state index contributed by atoms with van der Waals surface area (Å²) in [4.78, 5) is 0.225. The maximum absolute atomic E-state index is 12.2. The van der Waals surface area contributed by atoms with Gasteiger partial charge in [-0.1, -0.05) is 13.3 Å². The van der Waals surface area contributed by atoms with Crippen LogP contribution in [-0.2, 0) is 10.0 Å². The SMILES string of the molecule is CCC1CN(S(=O)(=O)c2cn[nH]c2)CCC1N. The van der Waals surface area contributed by atoms with E-state index in [0.717, 1.165) is 12.8 Å². The van der Waals surface area contributed by atoms with Crippen LogP contribution in [0.2, 0.25) is 0 Å². The van der Waals surface area contributed by atoms with Gasteiger partial charge in [0, 0.05) is 25.3 Å². The minimum absolute atomic E-state index is 0.107. The molecule has 1 aliphatic heterocycles. The van der Waals surface area contributed by atoms with Crippen LogP contribution in [0.15, 0.2) is 17.3 Å². The third kappa shape index (κ3) is 2.36. The molecule has 2 unspecified atom stereocenters. The van der Waals surface area contributed by atoms with Crippen molar-refractivity contribution < 1.29 is 8.42 Å². The summed E-state index contributed by atoms with van der Waals surface area (Å²) in [7, 11) is -3.40. The van der Waals surface area contributed by atoms with E-state index in [2.05, 4.69) is 10.2 Å². The van der Waals surface area contributed by atoms with Gasteiger partial charge in [0.25, 0.3) is 0 Å². The predicted octanol–water partition coefficient (Wildman–Crippen LogP) is 0.158. The second-order valence-corrected chi connectivity index (χ2v) is 6.36. The van der Waals surface area contributed by atoms with Gasteiger partial charge >= 0.3 is 0 Å². The highest BCUT2D eigenvalue weighted by Crippen LogP contribution is 2.24. The number of aromatic nitrogens is 2. The summed E-state index contributed by atoms with van der Waals surface area (Å²) in [6.45, 7) is 3.04. The molecule has 1 saturated heterocycles. The molecule has 0 spiro atoms. The minimum atomic E-state index is -3.40. The lowest BCUT2D eigenvalue weighted by molar-refractivity contribution is 0.230. The number of nitrogens with two attached hydrogens (primary N) is 1. The van der Waals surface area contributed by atoms with Crippen LogP contribution in [0.25, 0.3) is 0 Å². The third-order valence-electron chi connectivity index (χ3n) is 3.39. The van der Waals surface area contributed by atoms with Crippen LogP contribution in [0.3, 0.4) is 0 Å². The van der Waals surface area contributed by atoms with Crippen molar-refractivity contribution in [3.8, 4) is 0 Å². The first kappa shape index (κ1) is 12.5. The van der Waals surface area contributed by atoms with Crippen LogP contribution in [0.1, 0.15) is 19.8 Å². The Morgan fingerprint density at radius 2 is 2.41 bits per heavy atom. The molecule has 1 fully saturated rings. The molecule has 6 nitrogen and oxygen atoms in total. The summed E-state index contributed by atoms with van der Waals surface area (Å²) < 4.78 is 26.0. The zero-order chi connectivity index (χ0) is 12.5. The van der Waals surface area contributed by atoms with E-state index in [1.807, 2.05) is 6.92 Å². The topological polar surface area (TPSA) is 92.1 Å². The van der Waals surface area contributed by atoms with E-state index < -0.39 is 10.0 Å². The maximum atomic E-state index is 12.2. The van der Waals surface area contributed by atoms with E-state index in [9.17, 15) is 8.42 Å². The number of hydrogen-bond donors (Lipinski definition) is 2. The Kier molecular flexibility index (Phi) is 3.50. The lowest BCUT2D eigenvalue weighted by atomic mass is 9.92. The molecule has 3 N–H and O–H groups in total. The van der Waals surface area contributed by atoms with Crippen LogP contribution < -0.4 is 5.73 Å². The molecule has 96 valence electrons. The number of rotatable bonds is 3. The first-order valence-corrected chi connectivity index (χ1v) is 7.24. The van der Waals surface area contributed by atoms with Crippen LogP contribution in [0.4, 0.5) is 0 Å². The largest absolute Gasteiger partial charge is 0.327 e. The molecule has 1 aliphatic rings. The molecule has 17 heavy (non-hydrogen) atoms. The molecule has 1 aromatic heterocycles. The quantitative estimate of drug-likeness (QED) is 0.807. The molecule has 0 radical (unpaired) electrons. The van der Waals surface area contributed by atoms with E-state index in [1.54, 1.807) is 0 Å². The average Bonchev–Trinajstić information content (AvgIpc) is 2.83. The number of nitrogens with one attached hydrogen (secondary N) is 1. The van der Waals surface area contributed by atoms with E-state index in [4.69, 9.17) is 5.73 Å². The number of piperidine rings is 1. The van der Waals surface area contributed by atoms with Crippen LogP contribution in [-0.4, -0.2) is 42.1 Å². The van der Waals surface area contributed by atoms with Crippen LogP contribution in [0, 0.1) is 5.92 Å². The number of sulfonamides is 1. The zero-order valence-electron chi connectivity index (χ0n) is 9.83. The van der Waals surface area contributed by atoms with Gasteiger partial charge in [0.1, 0.15) is 4.90 Å². The van der Waals surface area contributed by atoms with Gasteiger partial charge in [0.05, 0.1) is 6.20 Å². The Hall–Kier alpha value is -0.920. The molecule has 1 aromatic rings. The monoisotopic (exact) mass is 258 g/mol. The van der Waals surface area contributed by atoms with Crippen LogP contribution >= 0.6 is 0 Å². The molecule has 2 heterocycles. The second kappa shape index (κ2) is 4.75. The standard InChI is InChI=1S/C10H18N4O2S/c1-2-8-7-14(4-3-10(8)11)17(15,16)9-5-12-13-6-9/h5-6,8,10H,2-4,7,11H2,1H3,(H,12,13).